The second-order valence-corrected chi connectivity index (χ2v) is 10.7. The Morgan fingerprint density at radius 1 is 0.900 bits per heavy atom. The molecule has 0 radical (unpaired) electrons. The first-order chi connectivity index (χ1) is 19.6. The van der Waals surface area contributed by atoms with Crippen molar-refractivity contribution in [2.24, 2.45) is 0 Å². The summed E-state index contributed by atoms with van der Waals surface area (Å²) in [7, 11) is 0. The number of H-pyrrole nitrogens is 1. The lowest BCUT2D eigenvalue weighted by molar-refractivity contribution is 0.0689. The summed E-state index contributed by atoms with van der Waals surface area (Å²) < 4.78 is 1.24. The third kappa shape index (κ3) is 5.18. The van der Waals surface area contributed by atoms with Crippen molar-refractivity contribution in [3.63, 3.8) is 0 Å². The van der Waals surface area contributed by atoms with Crippen molar-refractivity contribution >= 4 is 29.5 Å². The molecular formula is C34H33N3O3. The first-order valence-corrected chi connectivity index (χ1v) is 14.1. The Morgan fingerprint density at radius 2 is 1.68 bits per heavy atom. The minimum absolute atomic E-state index is 0.0633. The molecule has 1 aromatic heterocycles. The van der Waals surface area contributed by atoms with Crippen LogP contribution in [0, 0.1) is 0 Å². The minimum atomic E-state index is -1.19. The molecule has 6 heteroatoms. The molecule has 0 atom stereocenters. The van der Waals surface area contributed by atoms with E-state index in [0.717, 1.165) is 24.9 Å². The molecule has 0 unspecified atom stereocenters. The predicted molar refractivity (Wildman–Crippen MR) is 160 cm³/mol. The molecule has 3 aromatic carbocycles. The van der Waals surface area contributed by atoms with E-state index in [-0.39, 0.29) is 11.3 Å². The highest BCUT2D eigenvalue weighted by molar-refractivity contribution is 5.90. The van der Waals surface area contributed by atoms with Crippen molar-refractivity contribution in [1.29, 1.82) is 0 Å². The molecule has 1 aliphatic heterocycles. The van der Waals surface area contributed by atoms with Gasteiger partial charge in [0.25, 0.3) is 5.56 Å². The van der Waals surface area contributed by atoms with Crippen molar-refractivity contribution in [1.82, 2.24) is 9.78 Å². The van der Waals surface area contributed by atoms with Gasteiger partial charge in [0.2, 0.25) is 0 Å². The number of carboxylic acids is 1. The maximum atomic E-state index is 13.0. The monoisotopic (exact) mass is 531 g/mol. The summed E-state index contributed by atoms with van der Waals surface area (Å²) in [6.45, 7) is 0.990. The molecule has 6 rings (SSSR count). The number of benzene rings is 3. The molecule has 202 valence electrons. The molecule has 0 spiro atoms. The first kappa shape index (κ1) is 25.7. The maximum absolute atomic E-state index is 13.0. The molecule has 2 N–H and O–H groups in total. The van der Waals surface area contributed by atoms with Crippen LogP contribution in [0.3, 0.4) is 0 Å². The van der Waals surface area contributed by atoms with Gasteiger partial charge in [-0.3, -0.25) is 9.89 Å². The van der Waals surface area contributed by atoms with E-state index >= 15 is 0 Å². The van der Waals surface area contributed by atoms with E-state index in [9.17, 15) is 14.7 Å². The van der Waals surface area contributed by atoms with Gasteiger partial charge in [0.1, 0.15) is 0 Å². The molecule has 1 saturated carbocycles. The van der Waals surface area contributed by atoms with E-state index in [1.54, 1.807) is 30.3 Å². The summed E-state index contributed by atoms with van der Waals surface area (Å²) in [6.07, 6.45) is 12.0. The van der Waals surface area contributed by atoms with Gasteiger partial charge in [-0.2, -0.15) is 0 Å². The van der Waals surface area contributed by atoms with Gasteiger partial charge < -0.3 is 10.0 Å². The normalized spacial score (nSPS) is 15.2. The molecule has 4 aromatic rings. The Balaban J connectivity index is 1.24. The van der Waals surface area contributed by atoms with E-state index in [0.29, 0.717) is 11.6 Å². The number of anilines is 2. The van der Waals surface area contributed by atoms with Gasteiger partial charge in [0.05, 0.1) is 11.3 Å². The van der Waals surface area contributed by atoms with Gasteiger partial charge in [0, 0.05) is 17.9 Å². The topological polar surface area (TPSA) is 78.3 Å². The Bertz CT molecular complexity index is 1630. The highest BCUT2D eigenvalue weighted by atomic mass is 16.4. The zero-order chi connectivity index (χ0) is 27.5. The number of para-hydroxylation sites is 1. The largest absolute Gasteiger partial charge is 0.477 e. The Morgan fingerprint density at radius 3 is 2.42 bits per heavy atom. The predicted octanol–water partition coefficient (Wildman–Crippen LogP) is 7.32. The summed E-state index contributed by atoms with van der Waals surface area (Å²) in [4.78, 5) is 27.2. The van der Waals surface area contributed by atoms with E-state index in [4.69, 9.17) is 0 Å². The minimum Gasteiger partial charge on any atom is -0.477 e. The Hall–Kier alpha value is -4.54. The third-order valence-corrected chi connectivity index (χ3v) is 8.14. The van der Waals surface area contributed by atoms with E-state index in [1.807, 2.05) is 12.1 Å². The number of nitrogens with zero attached hydrogens (tertiary/aromatic N) is 2. The lowest BCUT2D eigenvalue weighted by atomic mass is 9.84. The van der Waals surface area contributed by atoms with Crippen molar-refractivity contribution in [2.75, 3.05) is 11.4 Å². The molecule has 0 saturated heterocycles. The highest BCUT2D eigenvalue weighted by Gasteiger charge is 2.21. The highest BCUT2D eigenvalue weighted by Crippen LogP contribution is 2.37. The molecule has 2 heterocycles. The van der Waals surface area contributed by atoms with Crippen molar-refractivity contribution in [3.05, 3.63) is 117 Å². The fourth-order valence-corrected chi connectivity index (χ4v) is 6.06. The van der Waals surface area contributed by atoms with Crippen molar-refractivity contribution < 1.29 is 9.90 Å². The molecule has 2 aliphatic rings. The van der Waals surface area contributed by atoms with Crippen LogP contribution in [0.1, 0.15) is 77.2 Å². The number of aromatic amines is 1. The molecule has 0 amide bonds. The van der Waals surface area contributed by atoms with Crippen LogP contribution in [-0.2, 0) is 6.42 Å². The van der Waals surface area contributed by atoms with Gasteiger partial charge in [-0.15, -0.1) is 5.73 Å². The number of aromatic carboxylic acids is 1. The molecule has 1 aliphatic carbocycles. The van der Waals surface area contributed by atoms with Crippen LogP contribution in [-0.4, -0.2) is 27.4 Å². The van der Waals surface area contributed by atoms with Gasteiger partial charge in [-0.1, -0.05) is 55.7 Å². The van der Waals surface area contributed by atoms with Crippen LogP contribution in [0.15, 0.2) is 83.3 Å². The summed E-state index contributed by atoms with van der Waals surface area (Å²) in [6, 6.07) is 24.5. The van der Waals surface area contributed by atoms with Crippen molar-refractivity contribution in [3.8, 4) is 5.69 Å². The van der Waals surface area contributed by atoms with Crippen LogP contribution in [0.5, 0.6) is 0 Å². The number of carbonyl (C=O) groups is 1. The molecule has 40 heavy (non-hydrogen) atoms. The zero-order valence-corrected chi connectivity index (χ0v) is 22.5. The fourth-order valence-electron chi connectivity index (χ4n) is 6.06. The average Bonchev–Trinajstić information content (AvgIpc) is 3.34. The molecular weight excluding hydrogens is 498 g/mol. The number of fused-ring (bicyclic) bond motifs is 1. The second kappa shape index (κ2) is 11.3. The lowest BCUT2D eigenvalue weighted by Crippen LogP contribution is -2.24. The van der Waals surface area contributed by atoms with Crippen LogP contribution < -0.4 is 10.5 Å². The Kier molecular flexibility index (Phi) is 7.26. The summed E-state index contributed by atoms with van der Waals surface area (Å²) >= 11 is 0. The first-order valence-electron chi connectivity index (χ1n) is 14.1. The fraction of sp³-hybridized carbons (Fsp3) is 0.265. The quantitative estimate of drug-likeness (QED) is 0.256. The van der Waals surface area contributed by atoms with Crippen LogP contribution in [0.4, 0.5) is 11.4 Å². The smallest absolute Gasteiger partial charge is 0.354 e. The molecule has 6 nitrogen and oxygen atoms in total. The lowest BCUT2D eigenvalue weighted by Gasteiger charge is -2.32. The number of nitrogens with one attached hydrogen (secondary N) is 1. The number of hydrogen-bond acceptors (Lipinski definition) is 3. The van der Waals surface area contributed by atoms with Gasteiger partial charge >= 0.3 is 5.97 Å². The van der Waals surface area contributed by atoms with E-state index < -0.39 is 11.5 Å². The molecule has 0 bridgehead atoms. The molecule has 1 fully saturated rings. The average molecular weight is 532 g/mol. The Labute approximate surface area is 233 Å². The maximum Gasteiger partial charge on any atom is 0.354 e. The number of carboxylic acid groups (broad SMARTS) is 1. The summed E-state index contributed by atoms with van der Waals surface area (Å²) in [5.74, 6) is -0.488. The van der Waals surface area contributed by atoms with Crippen LogP contribution >= 0.6 is 0 Å². The van der Waals surface area contributed by atoms with Crippen LogP contribution in [0.25, 0.3) is 17.8 Å². The van der Waals surface area contributed by atoms with Crippen molar-refractivity contribution in [2.45, 2.75) is 50.9 Å². The second-order valence-electron chi connectivity index (χ2n) is 10.7. The third-order valence-electron chi connectivity index (χ3n) is 8.14. The van der Waals surface area contributed by atoms with Crippen LogP contribution in [0.2, 0.25) is 0 Å². The zero-order valence-electron chi connectivity index (χ0n) is 22.5. The standard InChI is InChI=1S/C34H33N3O3/c38-33-30(32(34(39)40)35-37(33)29-13-5-2-6-14-29)15-7-9-24-16-21-31-27(23-24)12-8-22-36(31)28-19-17-26(18-20-28)25-10-3-1-4-11-25/h2,5-6,9,13-21,23,25,35H,1,3-4,8,10-12,22H2,(H,39,40). The SMILES string of the molecule is O=C(O)c1[nH]n(-c2ccccc2)c(=O)c1C=C=Cc1ccc2c(c1)CCCN2c1ccc(C2CCCCC2)cc1. The van der Waals surface area contributed by atoms with E-state index in [1.165, 1.54) is 65.4 Å². The number of rotatable bonds is 6. The van der Waals surface area contributed by atoms with Gasteiger partial charge in [0.15, 0.2) is 5.69 Å². The number of aromatic nitrogens is 2. The van der Waals surface area contributed by atoms with Gasteiger partial charge in [-0.05, 0) is 96.8 Å². The summed E-state index contributed by atoms with van der Waals surface area (Å²) in [5.41, 5.74) is 9.24. The van der Waals surface area contributed by atoms with Gasteiger partial charge in [-0.25, -0.2) is 9.48 Å². The number of aryl methyl sites for hydroxylation is 1. The number of hydrogen-bond donors (Lipinski definition) is 2. The van der Waals surface area contributed by atoms with E-state index in [2.05, 4.69) is 52.1 Å². The summed E-state index contributed by atoms with van der Waals surface area (Å²) in [5, 5.41) is 12.4.